The first-order chi connectivity index (χ1) is 9.81. The summed E-state index contributed by atoms with van der Waals surface area (Å²) in [5.74, 6) is 1.66. The van der Waals surface area contributed by atoms with Gasteiger partial charge < -0.3 is 20.3 Å². The molecule has 2 atom stereocenters. The van der Waals surface area contributed by atoms with Crippen LogP contribution in [-0.2, 0) is 4.74 Å². The molecule has 2 N–H and O–H groups in total. The lowest BCUT2D eigenvalue weighted by molar-refractivity contribution is 0.114. The zero-order valence-corrected chi connectivity index (χ0v) is 13.0. The number of hydrogen-bond acceptors (Lipinski definition) is 3. The monoisotopic (exact) mass is 282 g/mol. The Morgan fingerprint density at radius 1 is 1.30 bits per heavy atom. The van der Waals surface area contributed by atoms with Gasteiger partial charge >= 0.3 is 0 Å². The van der Waals surface area contributed by atoms with E-state index < -0.39 is 0 Å². The highest BCUT2D eigenvalue weighted by atomic mass is 16.5. The van der Waals surface area contributed by atoms with Crippen LogP contribution >= 0.6 is 0 Å². The van der Waals surface area contributed by atoms with Gasteiger partial charge in [0.15, 0.2) is 5.96 Å². The number of guanidine groups is 1. The Labute approximate surface area is 123 Å². The largest absolute Gasteiger partial charge is 0.376 e. The highest BCUT2D eigenvalue weighted by Gasteiger charge is 2.22. The fourth-order valence-electron chi connectivity index (χ4n) is 3.08. The molecule has 2 heterocycles. The molecule has 2 saturated heterocycles. The first-order valence-corrected chi connectivity index (χ1v) is 8.10. The zero-order valence-electron chi connectivity index (χ0n) is 13.0. The summed E-state index contributed by atoms with van der Waals surface area (Å²) in [5, 5.41) is 6.83. The molecule has 0 aliphatic carbocycles. The summed E-state index contributed by atoms with van der Waals surface area (Å²) in [7, 11) is 1.84. The molecular weight excluding hydrogens is 252 g/mol. The van der Waals surface area contributed by atoms with Crippen molar-refractivity contribution in [2.45, 2.75) is 38.7 Å². The predicted molar refractivity (Wildman–Crippen MR) is 83.2 cm³/mol. The molecule has 0 aromatic heterocycles. The van der Waals surface area contributed by atoms with Crippen LogP contribution in [0, 0.1) is 5.92 Å². The number of likely N-dealkylation sites (tertiary alicyclic amines) is 1. The summed E-state index contributed by atoms with van der Waals surface area (Å²) in [6, 6.07) is 0. The number of nitrogens with one attached hydrogen (secondary N) is 2. The van der Waals surface area contributed by atoms with Crippen LogP contribution in [0.4, 0.5) is 0 Å². The molecule has 0 aromatic rings. The standard InChI is InChI=1S/C15H30N4O/c1-3-7-19-8-6-13(12-19)10-17-15(16-2)18-11-14-5-4-9-20-14/h13-14H,3-12H2,1-2H3,(H2,16,17,18). The quantitative estimate of drug-likeness (QED) is 0.565. The normalized spacial score (nSPS) is 28.0. The molecule has 116 valence electrons. The van der Waals surface area contributed by atoms with E-state index in [2.05, 4.69) is 27.4 Å². The summed E-state index contributed by atoms with van der Waals surface area (Å²) >= 11 is 0. The lowest BCUT2D eigenvalue weighted by atomic mass is 10.1. The molecule has 2 fully saturated rings. The van der Waals surface area contributed by atoms with Crippen LogP contribution in [0.3, 0.4) is 0 Å². The van der Waals surface area contributed by atoms with Crippen molar-refractivity contribution >= 4 is 5.96 Å². The maximum Gasteiger partial charge on any atom is 0.191 e. The first kappa shape index (κ1) is 15.6. The first-order valence-electron chi connectivity index (χ1n) is 8.10. The van der Waals surface area contributed by atoms with E-state index >= 15 is 0 Å². The number of hydrogen-bond donors (Lipinski definition) is 2. The van der Waals surface area contributed by atoms with Gasteiger partial charge in [-0.1, -0.05) is 6.92 Å². The fourth-order valence-corrected chi connectivity index (χ4v) is 3.08. The van der Waals surface area contributed by atoms with Crippen molar-refractivity contribution in [2.24, 2.45) is 10.9 Å². The third-order valence-electron chi connectivity index (χ3n) is 4.21. The van der Waals surface area contributed by atoms with Gasteiger partial charge in [-0.2, -0.15) is 0 Å². The van der Waals surface area contributed by atoms with Gasteiger partial charge in [-0.3, -0.25) is 4.99 Å². The predicted octanol–water partition coefficient (Wildman–Crippen LogP) is 1.06. The molecular formula is C15H30N4O. The fraction of sp³-hybridized carbons (Fsp3) is 0.933. The smallest absolute Gasteiger partial charge is 0.191 e. The number of nitrogens with zero attached hydrogens (tertiary/aromatic N) is 2. The molecule has 0 aromatic carbocycles. The molecule has 2 aliphatic heterocycles. The van der Waals surface area contributed by atoms with E-state index in [9.17, 15) is 0 Å². The lowest BCUT2D eigenvalue weighted by Gasteiger charge is -2.18. The van der Waals surface area contributed by atoms with Gasteiger partial charge in [0, 0.05) is 33.3 Å². The summed E-state index contributed by atoms with van der Waals surface area (Å²) in [5.41, 5.74) is 0. The topological polar surface area (TPSA) is 48.9 Å². The van der Waals surface area contributed by atoms with Crippen molar-refractivity contribution < 1.29 is 4.74 Å². The molecule has 2 rings (SSSR count). The molecule has 0 bridgehead atoms. The summed E-state index contributed by atoms with van der Waals surface area (Å²) in [6.45, 7) is 8.77. The molecule has 0 spiro atoms. The molecule has 2 aliphatic rings. The van der Waals surface area contributed by atoms with Crippen molar-refractivity contribution in [1.29, 1.82) is 0 Å². The third kappa shape index (κ3) is 4.94. The molecule has 0 radical (unpaired) electrons. The highest BCUT2D eigenvalue weighted by Crippen LogP contribution is 2.15. The Balaban J connectivity index is 1.61. The van der Waals surface area contributed by atoms with E-state index in [1.54, 1.807) is 0 Å². The second-order valence-electron chi connectivity index (χ2n) is 5.92. The number of ether oxygens (including phenoxy) is 1. The van der Waals surface area contributed by atoms with Crippen LogP contribution in [-0.4, -0.2) is 63.3 Å². The van der Waals surface area contributed by atoms with Gasteiger partial charge in [0.25, 0.3) is 0 Å². The maximum atomic E-state index is 5.61. The van der Waals surface area contributed by atoms with Gasteiger partial charge in [-0.15, -0.1) is 0 Å². The van der Waals surface area contributed by atoms with Crippen LogP contribution in [0.2, 0.25) is 0 Å². The zero-order chi connectivity index (χ0) is 14.2. The van der Waals surface area contributed by atoms with E-state index in [1.807, 2.05) is 7.05 Å². The van der Waals surface area contributed by atoms with Gasteiger partial charge in [-0.25, -0.2) is 0 Å². The van der Waals surface area contributed by atoms with Crippen LogP contribution < -0.4 is 10.6 Å². The Bertz CT molecular complexity index is 302. The second kappa shape index (κ2) is 8.47. The van der Waals surface area contributed by atoms with Crippen molar-refractivity contribution in [3.63, 3.8) is 0 Å². The average Bonchev–Trinajstić information content (AvgIpc) is 3.11. The van der Waals surface area contributed by atoms with Crippen LogP contribution in [0.15, 0.2) is 4.99 Å². The van der Waals surface area contributed by atoms with Crippen molar-refractivity contribution in [1.82, 2.24) is 15.5 Å². The maximum absolute atomic E-state index is 5.61. The average molecular weight is 282 g/mol. The molecule has 20 heavy (non-hydrogen) atoms. The molecule has 5 nitrogen and oxygen atoms in total. The SMILES string of the molecule is CCCN1CCC(CNC(=NC)NCC2CCCO2)C1. The van der Waals surface area contributed by atoms with E-state index in [1.165, 1.54) is 45.3 Å². The summed E-state index contributed by atoms with van der Waals surface area (Å²) < 4.78 is 5.61. The Kier molecular flexibility index (Phi) is 6.60. The molecule has 2 unspecified atom stereocenters. The number of aliphatic imine (C=N–C) groups is 1. The van der Waals surface area contributed by atoms with Crippen molar-refractivity contribution in [3.05, 3.63) is 0 Å². The minimum atomic E-state index is 0.361. The second-order valence-corrected chi connectivity index (χ2v) is 5.92. The Morgan fingerprint density at radius 3 is 2.85 bits per heavy atom. The molecule has 0 amide bonds. The molecule has 5 heteroatoms. The number of rotatable bonds is 6. The Hall–Kier alpha value is -0.810. The minimum absolute atomic E-state index is 0.361. The Morgan fingerprint density at radius 2 is 2.15 bits per heavy atom. The van der Waals surface area contributed by atoms with Gasteiger partial charge in [0.1, 0.15) is 0 Å². The van der Waals surface area contributed by atoms with E-state index in [0.717, 1.165) is 31.6 Å². The minimum Gasteiger partial charge on any atom is -0.376 e. The van der Waals surface area contributed by atoms with Crippen LogP contribution in [0.1, 0.15) is 32.6 Å². The lowest BCUT2D eigenvalue weighted by Crippen LogP contribution is -2.43. The van der Waals surface area contributed by atoms with Crippen molar-refractivity contribution in [3.8, 4) is 0 Å². The highest BCUT2D eigenvalue weighted by molar-refractivity contribution is 5.79. The van der Waals surface area contributed by atoms with Crippen LogP contribution in [0.25, 0.3) is 0 Å². The van der Waals surface area contributed by atoms with E-state index in [0.29, 0.717) is 6.10 Å². The van der Waals surface area contributed by atoms with E-state index in [-0.39, 0.29) is 0 Å². The third-order valence-corrected chi connectivity index (χ3v) is 4.21. The van der Waals surface area contributed by atoms with Crippen molar-refractivity contribution in [2.75, 3.05) is 46.4 Å². The van der Waals surface area contributed by atoms with Gasteiger partial charge in [-0.05, 0) is 44.7 Å². The summed E-state index contributed by atoms with van der Waals surface area (Å²) in [6.07, 6.45) is 5.27. The van der Waals surface area contributed by atoms with Gasteiger partial charge in [0.2, 0.25) is 0 Å². The summed E-state index contributed by atoms with van der Waals surface area (Å²) in [4.78, 5) is 6.85. The van der Waals surface area contributed by atoms with Crippen LogP contribution in [0.5, 0.6) is 0 Å². The van der Waals surface area contributed by atoms with E-state index in [4.69, 9.17) is 4.74 Å². The molecule has 0 saturated carbocycles. The van der Waals surface area contributed by atoms with Gasteiger partial charge in [0.05, 0.1) is 6.10 Å².